The molecule has 1 fully saturated rings. The molecule has 23 heavy (non-hydrogen) atoms. The van der Waals surface area contributed by atoms with Crippen molar-refractivity contribution >= 4 is 21.8 Å². The van der Waals surface area contributed by atoms with E-state index in [0.29, 0.717) is 0 Å². The molecule has 3 heteroatoms. The van der Waals surface area contributed by atoms with E-state index in [9.17, 15) is 0 Å². The Kier molecular flexibility index (Phi) is 4.93. The first-order valence-corrected chi connectivity index (χ1v) is 8.60. The van der Waals surface area contributed by atoms with Gasteiger partial charge < -0.3 is 22.3 Å². The van der Waals surface area contributed by atoms with Gasteiger partial charge in [0.15, 0.2) is 0 Å². The fourth-order valence-corrected chi connectivity index (χ4v) is 3.94. The molecule has 0 unspecified atom stereocenters. The van der Waals surface area contributed by atoms with Crippen LogP contribution < -0.4 is 17.7 Å². The lowest BCUT2D eigenvalue weighted by atomic mass is 10.1. The highest BCUT2D eigenvalue weighted by molar-refractivity contribution is 6.08. The van der Waals surface area contributed by atoms with Crippen LogP contribution in [0.5, 0.6) is 0 Å². The highest BCUT2D eigenvalue weighted by Crippen LogP contribution is 2.29. The SMILES string of the molecule is CCn1c2ccccc2c2cc(CNC3CCCC3)ccc21.[Cl-]. The van der Waals surface area contributed by atoms with E-state index in [1.165, 1.54) is 53.1 Å². The summed E-state index contributed by atoms with van der Waals surface area (Å²) < 4.78 is 2.42. The molecule has 0 aliphatic heterocycles. The van der Waals surface area contributed by atoms with Gasteiger partial charge in [-0.2, -0.15) is 0 Å². The Labute approximate surface area is 144 Å². The van der Waals surface area contributed by atoms with E-state index in [1.807, 2.05) is 0 Å². The fourth-order valence-electron chi connectivity index (χ4n) is 3.94. The summed E-state index contributed by atoms with van der Waals surface area (Å²) in [4.78, 5) is 0. The zero-order valence-electron chi connectivity index (χ0n) is 13.7. The predicted octanol–water partition coefficient (Wildman–Crippen LogP) is 1.85. The number of nitrogens with zero attached hydrogens (tertiary/aromatic N) is 1. The number of hydrogen-bond donors (Lipinski definition) is 1. The van der Waals surface area contributed by atoms with Gasteiger partial charge in [0.2, 0.25) is 0 Å². The largest absolute Gasteiger partial charge is 1.00 e. The average molecular weight is 328 g/mol. The maximum atomic E-state index is 3.72. The molecular weight excluding hydrogens is 304 g/mol. The van der Waals surface area contributed by atoms with E-state index in [0.717, 1.165) is 19.1 Å². The maximum Gasteiger partial charge on any atom is 0.0491 e. The molecular formula is C20H24ClN2-. The summed E-state index contributed by atoms with van der Waals surface area (Å²) in [5.74, 6) is 0. The Morgan fingerprint density at radius 3 is 2.52 bits per heavy atom. The molecule has 1 heterocycles. The summed E-state index contributed by atoms with van der Waals surface area (Å²) in [5.41, 5.74) is 4.10. The van der Waals surface area contributed by atoms with Crippen LogP contribution in [0.4, 0.5) is 0 Å². The molecule has 0 spiro atoms. The number of hydrogen-bond acceptors (Lipinski definition) is 1. The van der Waals surface area contributed by atoms with Crippen LogP contribution in [0.2, 0.25) is 0 Å². The molecule has 0 bridgehead atoms. The van der Waals surface area contributed by atoms with Crippen molar-refractivity contribution < 1.29 is 12.4 Å². The molecule has 1 saturated carbocycles. The van der Waals surface area contributed by atoms with Gasteiger partial charge in [0.05, 0.1) is 0 Å². The lowest BCUT2D eigenvalue weighted by Crippen LogP contribution is -3.00. The van der Waals surface area contributed by atoms with Gasteiger partial charge in [-0.3, -0.25) is 0 Å². The number of para-hydroxylation sites is 1. The number of aryl methyl sites for hydroxylation is 1. The summed E-state index contributed by atoms with van der Waals surface area (Å²) in [6.45, 7) is 4.23. The first-order chi connectivity index (χ1) is 10.9. The topological polar surface area (TPSA) is 17.0 Å². The quantitative estimate of drug-likeness (QED) is 0.774. The van der Waals surface area contributed by atoms with Crippen LogP contribution in [0.15, 0.2) is 42.5 Å². The van der Waals surface area contributed by atoms with Gasteiger partial charge in [0.25, 0.3) is 0 Å². The molecule has 3 aromatic rings. The zero-order valence-corrected chi connectivity index (χ0v) is 14.4. The third-order valence-corrected chi connectivity index (χ3v) is 5.10. The number of aromatic nitrogens is 1. The molecule has 1 N–H and O–H groups in total. The van der Waals surface area contributed by atoms with Crippen LogP contribution in [0.1, 0.15) is 38.2 Å². The molecule has 0 amide bonds. The standard InChI is InChI=1S/C20H24N2.ClH/c1-2-22-19-10-6-5-9-17(19)18-13-15(11-12-20(18)22)14-21-16-7-3-4-8-16;/h5-6,9-13,16,21H,2-4,7-8,14H2,1H3;1H/p-1. The number of benzene rings is 2. The van der Waals surface area contributed by atoms with Gasteiger partial charge in [0, 0.05) is 40.9 Å². The van der Waals surface area contributed by atoms with Crippen LogP contribution in [-0.4, -0.2) is 10.6 Å². The molecule has 1 aliphatic carbocycles. The van der Waals surface area contributed by atoms with Gasteiger partial charge in [-0.25, -0.2) is 0 Å². The molecule has 1 aliphatic rings. The fraction of sp³-hybridized carbons (Fsp3) is 0.400. The molecule has 122 valence electrons. The van der Waals surface area contributed by atoms with E-state index >= 15 is 0 Å². The number of halogens is 1. The summed E-state index contributed by atoms with van der Waals surface area (Å²) in [5, 5.41) is 6.49. The highest BCUT2D eigenvalue weighted by Gasteiger charge is 2.14. The van der Waals surface area contributed by atoms with Gasteiger partial charge in [-0.05, 0) is 43.5 Å². The molecule has 2 nitrogen and oxygen atoms in total. The number of fused-ring (bicyclic) bond motifs is 3. The zero-order chi connectivity index (χ0) is 14.9. The minimum Gasteiger partial charge on any atom is -1.00 e. The van der Waals surface area contributed by atoms with Crippen LogP contribution in [-0.2, 0) is 13.1 Å². The van der Waals surface area contributed by atoms with E-state index in [1.54, 1.807) is 0 Å². The lowest BCUT2D eigenvalue weighted by Gasteiger charge is -2.12. The monoisotopic (exact) mass is 327 g/mol. The van der Waals surface area contributed by atoms with Gasteiger partial charge in [0.1, 0.15) is 0 Å². The van der Waals surface area contributed by atoms with Gasteiger partial charge >= 0.3 is 0 Å². The maximum absolute atomic E-state index is 3.72. The van der Waals surface area contributed by atoms with Crippen molar-refractivity contribution in [3.63, 3.8) is 0 Å². The minimum atomic E-state index is 0. The first-order valence-electron chi connectivity index (χ1n) is 8.60. The molecule has 0 radical (unpaired) electrons. The third kappa shape index (κ3) is 2.98. The Morgan fingerprint density at radius 2 is 1.74 bits per heavy atom. The Balaban J connectivity index is 0.00000156. The lowest BCUT2D eigenvalue weighted by molar-refractivity contribution is -0.00000450. The van der Waals surface area contributed by atoms with Crippen molar-refractivity contribution in [2.45, 2.75) is 51.7 Å². The van der Waals surface area contributed by atoms with Crippen LogP contribution in [0, 0.1) is 0 Å². The molecule has 0 atom stereocenters. The van der Waals surface area contributed by atoms with Gasteiger partial charge in [-0.15, -0.1) is 0 Å². The second-order valence-electron chi connectivity index (χ2n) is 6.48. The first kappa shape index (κ1) is 16.4. The Hall–Kier alpha value is -1.51. The highest BCUT2D eigenvalue weighted by atomic mass is 35.5. The van der Waals surface area contributed by atoms with Crippen molar-refractivity contribution in [3.8, 4) is 0 Å². The van der Waals surface area contributed by atoms with E-state index in [2.05, 4.69) is 59.3 Å². The van der Waals surface area contributed by atoms with E-state index in [-0.39, 0.29) is 12.4 Å². The van der Waals surface area contributed by atoms with Crippen LogP contribution in [0.3, 0.4) is 0 Å². The Bertz CT molecular complexity index is 800. The normalized spacial score (nSPS) is 15.3. The summed E-state index contributed by atoms with van der Waals surface area (Å²) in [6.07, 6.45) is 5.47. The molecule has 1 aromatic heterocycles. The van der Waals surface area contributed by atoms with Crippen molar-refractivity contribution in [1.29, 1.82) is 0 Å². The summed E-state index contributed by atoms with van der Waals surface area (Å²) in [7, 11) is 0. The van der Waals surface area contributed by atoms with Crippen molar-refractivity contribution in [1.82, 2.24) is 9.88 Å². The van der Waals surface area contributed by atoms with Crippen LogP contribution in [0.25, 0.3) is 21.8 Å². The predicted molar refractivity (Wildman–Crippen MR) is 94.2 cm³/mol. The smallest absolute Gasteiger partial charge is 0.0491 e. The molecule has 4 rings (SSSR count). The van der Waals surface area contributed by atoms with Crippen molar-refractivity contribution in [2.24, 2.45) is 0 Å². The summed E-state index contributed by atoms with van der Waals surface area (Å²) >= 11 is 0. The number of rotatable bonds is 4. The summed E-state index contributed by atoms with van der Waals surface area (Å²) in [6, 6.07) is 16.5. The second kappa shape index (κ2) is 6.94. The Morgan fingerprint density at radius 1 is 1.00 bits per heavy atom. The molecule has 0 saturated heterocycles. The molecule has 2 aromatic carbocycles. The second-order valence-corrected chi connectivity index (χ2v) is 6.48. The number of nitrogens with one attached hydrogen (secondary N) is 1. The third-order valence-electron chi connectivity index (χ3n) is 5.10. The van der Waals surface area contributed by atoms with E-state index in [4.69, 9.17) is 0 Å². The van der Waals surface area contributed by atoms with E-state index < -0.39 is 0 Å². The average Bonchev–Trinajstić information content (AvgIpc) is 3.18. The van der Waals surface area contributed by atoms with Crippen molar-refractivity contribution in [3.05, 3.63) is 48.0 Å². The van der Waals surface area contributed by atoms with Crippen molar-refractivity contribution in [2.75, 3.05) is 0 Å². The van der Waals surface area contributed by atoms with Gasteiger partial charge in [-0.1, -0.05) is 37.1 Å². The minimum absolute atomic E-state index is 0. The van der Waals surface area contributed by atoms with Crippen LogP contribution >= 0.6 is 0 Å².